The summed E-state index contributed by atoms with van der Waals surface area (Å²) in [6.45, 7) is 4.45. The van der Waals surface area contributed by atoms with E-state index in [-0.39, 0.29) is 11.4 Å². The van der Waals surface area contributed by atoms with E-state index in [0.29, 0.717) is 17.3 Å². The second-order valence-corrected chi connectivity index (χ2v) is 5.51. The van der Waals surface area contributed by atoms with Crippen LogP contribution in [-0.4, -0.2) is 27.6 Å². The lowest BCUT2D eigenvalue weighted by molar-refractivity contribution is 0.0901. The minimum absolute atomic E-state index is 0.0864. The molecule has 0 saturated heterocycles. The number of hydrogen-bond acceptors (Lipinski definition) is 5. The first-order valence-corrected chi connectivity index (χ1v) is 6.72. The standard InChI is InChI=1S/C11H18N4OS/c1-3-8-9(17-15-14-8)10(16)13-11(2,6-12)7-4-5-7/h7H,3-6,12H2,1-2H3,(H,13,16). The van der Waals surface area contributed by atoms with Crippen molar-refractivity contribution in [1.29, 1.82) is 0 Å². The highest BCUT2D eigenvalue weighted by molar-refractivity contribution is 7.08. The molecule has 1 aromatic rings. The van der Waals surface area contributed by atoms with E-state index in [1.807, 2.05) is 13.8 Å². The molecular weight excluding hydrogens is 236 g/mol. The van der Waals surface area contributed by atoms with Gasteiger partial charge in [0.1, 0.15) is 4.88 Å². The van der Waals surface area contributed by atoms with Crippen LogP contribution in [0.15, 0.2) is 0 Å². The first-order valence-electron chi connectivity index (χ1n) is 5.94. The summed E-state index contributed by atoms with van der Waals surface area (Å²) >= 11 is 1.15. The number of nitrogens with two attached hydrogens (primary N) is 1. The van der Waals surface area contributed by atoms with E-state index >= 15 is 0 Å². The number of carbonyl (C=O) groups excluding carboxylic acids is 1. The molecule has 1 fully saturated rings. The maximum Gasteiger partial charge on any atom is 0.265 e. The average Bonchev–Trinajstić information content (AvgIpc) is 3.07. The molecule has 94 valence electrons. The van der Waals surface area contributed by atoms with Gasteiger partial charge in [0, 0.05) is 6.54 Å². The van der Waals surface area contributed by atoms with Crippen molar-refractivity contribution in [2.24, 2.45) is 11.7 Å². The minimum atomic E-state index is -0.286. The van der Waals surface area contributed by atoms with Crippen molar-refractivity contribution in [3.8, 4) is 0 Å². The Morgan fingerprint density at radius 2 is 2.35 bits per heavy atom. The Bertz CT molecular complexity index is 415. The van der Waals surface area contributed by atoms with Crippen molar-refractivity contribution in [3.05, 3.63) is 10.6 Å². The predicted molar refractivity (Wildman–Crippen MR) is 66.9 cm³/mol. The van der Waals surface area contributed by atoms with E-state index in [9.17, 15) is 4.79 Å². The van der Waals surface area contributed by atoms with Gasteiger partial charge in [0.15, 0.2) is 0 Å². The van der Waals surface area contributed by atoms with Gasteiger partial charge in [0.25, 0.3) is 5.91 Å². The van der Waals surface area contributed by atoms with Gasteiger partial charge >= 0.3 is 0 Å². The van der Waals surface area contributed by atoms with Gasteiger partial charge in [0.2, 0.25) is 0 Å². The largest absolute Gasteiger partial charge is 0.345 e. The highest BCUT2D eigenvalue weighted by Crippen LogP contribution is 2.39. The molecule has 1 aromatic heterocycles. The van der Waals surface area contributed by atoms with Crippen molar-refractivity contribution in [3.63, 3.8) is 0 Å². The van der Waals surface area contributed by atoms with Gasteiger partial charge in [-0.2, -0.15) is 0 Å². The molecule has 1 aliphatic rings. The molecule has 1 heterocycles. The Hall–Kier alpha value is -1.01. The monoisotopic (exact) mass is 254 g/mol. The summed E-state index contributed by atoms with van der Waals surface area (Å²) in [6, 6.07) is 0. The second kappa shape index (κ2) is 4.70. The van der Waals surface area contributed by atoms with Crippen LogP contribution >= 0.6 is 11.5 Å². The number of amides is 1. The molecule has 5 nitrogen and oxygen atoms in total. The summed E-state index contributed by atoms with van der Waals surface area (Å²) in [4.78, 5) is 12.8. The smallest absolute Gasteiger partial charge is 0.265 e. The third-order valence-electron chi connectivity index (χ3n) is 3.40. The topological polar surface area (TPSA) is 80.9 Å². The molecule has 1 saturated carbocycles. The summed E-state index contributed by atoms with van der Waals surface area (Å²) in [5, 5.41) is 7.00. The summed E-state index contributed by atoms with van der Waals surface area (Å²) in [5.41, 5.74) is 6.26. The number of carbonyl (C=O) groups is 1. The second-order valence-electron chi connectivity index (χ2n) is 4.75. The number of nitrogens with zero attached hydrogens (tertiary/aromatic N) is 2. The van der Waals surface area contributed by atoms with E-state index in [0.717, 1.165) is 36.5 Å². The number of aryl methyl sites for hydroxylation is 1. The molecule has 1 aliphatic carbocycles. The quantitative estimate of drug-likeness (QED) is 0.820. The molecule has 6 heteroatoms. The molecule has 3 N–H and O–H groups in total. The molecule has 1 unspecified atom stereocenters. The van der Waals surface area contributed by atoms with Crippen molar-refractivity contribution < 1.29 is 4.79 Å². The van der Waals surface area contributed by atoms with E-state index in [1.165, 1.54) is 0 Å². The van der Waals surface area contributed by atoms with Crippen LogP contribution in [0.1, 0.15) is 42.1 Å². The number of hydrogen-bond donors (Lipinski definition) is 2. The van der Waals surface area contributed by atoms with Gasteiger partial charge in [-0.1, -0.05) is 11.4 Å². The van der Waals surface area contributed by atoms with Crippen LogP contribution < -0.4 is 11.1 Å². The zero-order chi connectivity index (χ0) is 12.5. The molecule has 2 rings (SSSR count). The summed E-state index contributed by atoms with van der Waals surface area (Å²) in [5.74, 6) is 0.430. The highest BCUT2D eigenvalue weighted by atomic mass is 32.1. The third kappa shape index (κ3) is 2.47. The van der Waals surface area contributed by atoms with Crippen LogP contribution in [0.3, 0.4) is 0 Å². The van der Waals surface area contributed by atoms with Crippen LogP contribution in [0.4, 0.5) is 0 Å². The molecule has 17 heavy (non-hydrogen) atoms. The number of aromatic nitrogens is 2. The number of rotatable bonds is 5. The zero-order valence-electron chi connectivity index (χ0n) is 10.2. The first-order chi connectivity index (χ1) is 8.10. The lowest BCUT2D eigenvalue weighted by Crippen LogP contribution is -2.53. The molecule has 0 aliphatic heterocycles. The predicted octanol–water partition coefficient (Wildman–Crippen LogP) is 0.958. The lowest BCUT2D eigenvalue weighted by Gasteiger charge is -2.29. The normalized spacial score (nSPS) is 18.8. The average molecular weight is 254 g/mol. The Morgan fingerprint density at radius 1 is 1.65 bits per heavy atom. The fourth-order valence-electron chi connectivity index (χ4n) is 1.97. The fourth-order valence-corrected chi connectivity index (χ4v) is 2.61. The van der Waals surface area contributed by atoms with Crippen molar-refractivity contribution in [2.45, 2.75) is 38.6 Å². The molecule has 0 bridgehead atoms. The van der Waals surface area contributed by atoms with Crippen LogP contribution in [0.2, 0.25) is 0 Å². The maximum absolute atomic E-state index is 12.2. The Morgan fingerprint density at radius 3 is 2.88 bits per heavy atom. The zero-order valence-corrected chi connectivity index (χ0v) is 11.0. The van der Waals surface area contributed by atoms with Crippen molar-refractivity contribution in [1.82, 2.24) is 14.9 Å². The minimum Gasteiger partial charge on any atom is -0.345 e. The first kappa shape index (κ1) is 12.4. The summed E-state index contributed by atoms with van der Waals surface area (Å²) in [6.07, 6.45) is 3.02. The molecular formula is C11H18N4OS. The third-order valence-corrected chi connectivity index (χ3v) is 4.17. The highest BCUT2D eigenvalue weighted by Gasteiger charge is 2.42. The van der Waals surface area contributed by atoms with Gasteiger partial charge in [-0.3, -0.25) is 4.79 Å². The lowest BCUT2D eigenvalue weighted by atomic mass is 9.96. The van der Waals surface area contributed by atoms with Crippen LogP contribution in [-0.2, 0) is 6.42 Å². The SMILES string of the molecule is CCc1nnsc1C(=O)NC(C)(CN)C1CC1. The van der Waals surface area contributed by atoms with E-state index in [2.05, 4.69) is 14.9 Å². The molecule has 0 radical (unpaired) electrons. The van der Waals surface area contributed by atoms with Crippen LogP contribution in [0, 0.1) is 5.92 Å². The Labute approximate surface area is 105 Å². The summed E-state index contributed by atoms with van der Waals surface area (Å²) < 4.78 is 3.83. The fraction of sp³-hybridized carbons (Fsp3) is 0.727. The van der Waals surface area contributed by atoms with E-state index in [1.54, 1.807) is 0 Å². The van der Waals surface area contributed by atoms with Crippen LogP contribution in [0.25, 0.3) is 0 Å². The van der Waals surface area contributed by atoms with Crippen molar-refractivity contribution in [2.75, 3.05) is 6.54 Å². The van der Waals surface area contributed by atoms with Gasteiger partial charge in [0.05, 0.1) is 11.2 Å². The van der Waals surface area contributed by atoms with Gasteiger partial charge < -0.3 is 11.1 Å². The van der Waals surface area contributed by atoms with E-state index in [4.69, 9.17) is 5.73 Å². The molecule has 1 atom stereocenters. The summed E-state index contributed by atoms with van der Waals surface area (Å²) in [7, 11) is 0. The molecule has 1 amide bonds. The maximum atomic E-state index is 12.2. The van der Waals surface area contributed by atoms with Gasteiger partial charge in [-0.15, -0.1) is 5.10 Å². The Balaban J connectivity index is 2.10. The van der Waals surface area contributed by atoms with E-state index < -0.39 is 0 Å². The molecule has 0 aromatic carbocycles. The number of nitrogens with one attached hydrogen (secondary N) is 1. The van der Waals surface area contributed by atoms with Gasteiger partial charge in [-0.05, 0) is 43.6 Å². The van der Waals surface area contributed by atoms with Gasteiger partial charge in [-0.25, -0.2) is 0 Å². The van der Waals surface area contributed by atoms with Crippen LogP contribution in [0.5, 0.6) is 0 Å². The Kier molecular flexibility index (Phi) is 3.44. The molecule has 0 spiro atoms. The van der Waals surface area contributed by atoms with Crippen molar-refractivity contribution >= 4 is 17.4 Å².